The van der Waals surface area contributed by atoms with Crippen LogP contribution in [0.1, 0.15) is 13.8 Å². The highest BCUT2D eigenvalue weighted by Gasteiger charge is 2.15. The summed E-state index contributed by atoms with van der Waals surface area (Å²) >= 11 is 0. The Morgan fingerprint density at radius 3 is 2.64 bits per heavy atom. The maximum Gasteiger partial charge on any atom is 0.0946 e. The van der Waals surface area contributed by atoms with E-state index in [4.69, 9.17) is 9.84 Å². The molecule has 2 heteroatoms. The second-order valence-electron chi connectivity index (χ2n) is 3.20. The van der Waals surface area contributed by atoms with E-state index in [1.165, 1.54) is 0 Å². The Morgan fingerprint density at radius 1 is 1.55 bits per heavy atom. The van der Waals surface area contributed by atoms with Crippen molar-refractivity contribution in [1.82, 2.24) is 0 Å². The molecule has 1 N–H and O–H groups in total. The Morgan fingerprint density at radius 2 is 2.18 bits per heavy atom. The number of hydrogen-bond donors (Lipinski definition) is 1. The van der Waals surface area contributed by atoms with E-state index in [1.807, 2.05) is 13.8 Å². The third-order valence-electron chi connectivity index (χ3n) is 1.21. The van der Waals surface area contributed by atoms with Crippen molar-refractivity contribution in [3.63, 3.8) is 0 Å². The number of allylic oxidation sites excluding steroid dienone is 2. The Bertz CT molecular complexity index is 136. The molecule has 0 aliphatic heterocycles. The van der Waals surface area contributed by atoms with Crippen molar-refractivity contribution in [2.24, 2.45) is 5.41 Å². The van der Waals surface area contributed by atoms with Crippen molar-refractivity contribution in [1.29, 1.82) is 0 Å². The standard InChI is InChI=1S/C9H16O2/c1-4-5-6-11-8-9(2,3)7-10/h4-6,10H,1,7-8H2,2-3H3/b6-5+. The summed E-state index contributed by atoms with van der Waals surface area (Å²) in [6.45, 7) is 8.03. The summed E-state index contributed by atoms with van der Waals surface area (Å²) < 4.78 is 5.12. The van der Waals surface area contributed by atoms with Gasteiger partial charge in [0.1, 0.15) is 0 Å². The molecule has 0 aromatic heterocycles. The van der Waals surface area contributed by atoms with Crippen molar-refractivity contribution in [2.45, 2.75) is 13.8 Å². The highest BCUT2D eigenvalue weighted by molar-refractivity contribution is 4.93. The molecule has 0 fully saturated rings. The van der Waals surface area contributed by atoms with E-state index in [1.54, 1.807) is 18.4 Å². The minimum Gasteiger partial charge on any atom is -0.501 e. The van der Waals surface area contributed by atoms with Crippen LogP contribution >= 0.6 is 0 Å². The van der Waals surface area contributed by atoms with Crippen LogP contribution in [0.15, 0.2) is 25.0 Å². The van der Waals surface area contributed by atoms with Crippen molar-refractivity contribution in [3.8, 4) is 0 Å². The number of ether oxygens (including phenoxy) is 1. The fourth-order valence-corrected chi connectivity index (χ4v) is 0.430. The molecule has 0 amide bonds. The van der Waals surface area contributed by atoms with Crippen LogP contribution < -0.4 is 0 Å². The van der Waals surface area contributed by atoms with Gasteiger partial charge in [0.25, 0.3) is 0 Å². The van der Waals surface area contributed by atoms with Crippen LogP contribution in [-0.2, 0) is 4.74 Å². The third-order valence-corrected chi connectivity index (χ3v) is 1.21. The number of rotatable bonds is 5. The van der Waals surface area contributed by atoms with Gasteiger partial charge in [-0.25, -0.2) is 0 Å². The molecular weight excluding hydrogens is 140 g/mol. The molecule has 0 radical (unpaired) electrons. The first-order valence-corrected chi connectivity index (χ1v) is 3.62. The molecule has 0 heterocycles. The van der Waals surface area contributed by atoms with Crippen molar-refractivity contribution >= 4 is 0 Å². The van der Waals surface area contributed by atoms with Crippen LogP contribution in [0.25, 0.3) is 0 Å². The lowest BCUT2D eigenvalue weighted by molar-refractivity contribution is 0.0749. The van der Waals surface area contributed by atoms with Crippen LogP contribution in [0.4, 0.5) is 0 Å². The van der Waals surface area contributed by atoms with E-state index >= 15 is 0 Å². The first kappa shape index (κ1) is 10.2. The predicted molar refractivity (Wildman–Crippen MR) is 46.2 cm³/mol. The largest absolute Gasteiger partial charge is 0.501 e. The zero-order valence-electron chi connectivity index (χ0n) is 7.21. The van der Waals surface area contributed by atoms with Crippen molar-refractivity contribution < 1.29 is 9.84 Å². The van der Waals surface area contributed by atoms with Gasteiger partial charge in [-0.05, 0) is 6.08 Å². The molecule has 0 saturated carbocycles. The van der Waals surface area contributed by atoms with E-state index in [2.05, 4.69) is 6.58 Å². The Kier molecular flexibility index (Phi) is 4.62. The summed E-state index contributed by atoms with van der Waals surface area (Å²) in [6, 6.07) is 0. The van der Waals surface area contributed by atoms with E-state index in [9.17, 15) is 0 Å². The van der Waals surface area contributed by atoms with Crippen LogP contribution in [0, 0.1) is 5.41 Å². The maximum atomic E-state index is 8.83. The first-order chi connectivity index (χ1) is 5.12. The topological polar surface area (TPSA) is 29.5 Å². The number of hydrogen-bond acceptors (Lipinski definition) is 2. The van der Waals surface area contributed by atoms with Crippen LogP contribution in [0.3, 0.4) is 0 Å². The van der Waals surface area contributed by atoms with Gasteiger partial charge >= 0.3 is 0 Å². The summed E-state index contributed by atoms with van der Waals surface area (Å²) in [5, 5.41) is 8.83. The Labute approximate surface area is 68.2 Å². The summed E-state index contributed by atoms with van der Waals surface area (Å²) in [6.07, 6.45) is 4.93. The highest BCUT2D eigenvalue weighted by Crippen LogP contribution is 2.13. The molecule has 0 bridgehead atoms. The summed E-state index contributed by atoms with van der Waals surface area (Å²) in [4.78, 5) is 0. The highest BCUT2D eigenvalue weighted by atomic mass is 16.5. The fourth-order valence-electron chi connectivity index (χ4n) is 0.430. The second-order valence-corrected chi connectivity index (χ2v) is 3.20. The molecule has 0 atom stereocenters. The second kappa shape index (κ2) is 4.97. The average Bonchev–Trinajstić information content (AvgIpc) is 1.99. The molecule has 0 unspecified atom stereocenters. The van der Waals surface area contributed by atoms with Gasteiger partial charge < -0.3 is 9.84 Å². The van der Waals surface area contributed by atoms with Crippen LogP contribution in [0.2, 0.25) is 0 Å². The molecule has 0 aliphatic carbocycles. The molecule has 0 aromatic carbocycles. The van der Waals surface area contributed by atoms with Gasteiger partial charge in [-0.3, -0.25) is 0 Å². The zero-order valence-corrected chi connectivity index (χ0v) is 7.21. The molecule has 0 saturated heterocycles. The average molecular weight is 156 g/mol. The van der Waals surface area contributed by atoms with Gasteiger partial charge in [0.05, 0.1) is 19.5 Å². The van der Waals surface area contributed by atoms with E-state index in [0.29, 0.717) is 6.61 Å². The SMILES string of the molecule is C=C/C=C/OCC(C)(C)CO. The molecule has 2 nitrogen and oxygen atoms in total. The van der Waals surface area contributed by atoms with Crippen LogP contribution in [-0.4, -0.2) is 18.3 Å². The van der Waals surface area contributed by atoms with Crippen molar-refractivity contribution in [2.75, 3.05) is 13.2 Å². The summed E-state index contributed by atoms with van der Waals surface area (Å²) in [5.41, 5.74) is -0.161. The fraction of sp³-hybridized carbons (Fsp3) is 0.556. The normalized spacial score (nSPS) is 11.9. The van der Waals surface area contributed by atoms with Gasteiger partial charge in [-0.2, -0.15) is 0 Å². The quantitative estimate of drug-likeness (QED) is 0.485. The zero-order chi connectivity index (χ0) is 8.74. The summed E-state index contributed by atoms with van der Waals surface area (Å²) in [5.74, 6) is 0. The number of aliphatic hydroxyl groups is 1. The lowest BCUT2D eigenvalue weighted by Gasteiger charge is -2.19. The minimum atomic E-state index is -0.161. The maximum absolute atomic E-state index is 8.83. The predicted octanol–water partition coefficient (Wildman–Crippen LogP) is 1.72. The van der Waals surface area contributed by atoms with Gasteiger partial charge in [0.2, 0.25) is 0 Å². The van der Waals surface area contributed by atoms with E-state index in [0.717, 1.165) is 0 Å². The Balaban J connectivity index is 3.52. The van der Waals surface area contributed by atoms with Crippen molar-refractivity contribution in [3.05, 3.63) is 25.0 Å². The third kappa shape index (κ3) is 5.67. The molecule has 0 spiro atoms. The molecule has 11 heavy (non-hydrogen) atoms. The smallest absolute Gasteiger partial charge is 0.0946 e. The molecule has 0 rings (SSSR count). The lowest BCUT2D eigenvalue weighted by Crippen LogP contribution is -2.22. The van der Waals surface area contributed by atoms with Gasteiger partial charge in [-0.1, -0.05) is 26.5 Å². The van der Waals surface area contributed by atoms with Gasteiger partial charge in [-0.15, -0.1) is 0 Å². The molecule has 0 aromatic rings. The molecule has 64 valence electrons. The van der Waals surface area contributed by atoms with Crippen LogP contribution in [0.5, 0.6) is 0 Å². The minimum absolute atomic E-state index is 0.134. The Hall–Kier alpha value is -0.760. The molecule has 0 aliphatic rings. The lowest BCUT2D eigenvalue weighted by atomic mass is 9.97. The van der Waals surface area contributed by atoms with Gasteiger partial charge in [0, 0.05) is 5.41 Å². The van der Waals surface area contributed by atoms with Gasteiger partial charge in [0.15, 0.2) is 0 Å². The molecular formula is C9H16O2. The monoisotopic (exact) mass is 156 g/mol. The number of aliphatic hydroxyl groups excluding tert-OH is 1. The summed E-state index contributed by atoms with van der Waals surface area (Å²) in [7, 11) is 0. The first-order valence-electron chi connectivity index (χ1n) is 3.62. The van der Waals surface area contributed by atoms with E-state index in [-0.39, 0.29) is 12.0 Å². The van der Waals surface area contributed by atoms with E-state index < -0.39 is 0 Å².